The second-order valence-electron chi connectivity index (χ2n) is 5.73. The van der Waals surface area contributed by atoms with E-state index in [2.05, 4.69) is 10.6 Å². The SMILES string of the molecule is CC(CO)CCCNC(=O)CN1C(=O)NC(C)(C)C1=O. The molecule has 3 N–H and O–H groups in total. The third-order valence-electron chi connectivity index (χ3n) is 3.25. The standard InChI is InChI=1S/C13H23N3O4/c1-9(8-17)5-4-6-14-10(18)7-16-11(19)13(2,3)15-12(16)20/h9,17H,4-8H2,1-3H3,(H,14,18)(H,15,20). The second-order valence-corrected chi connectivity index (χ2v) is 5.73. The molecule has 0 radical (unpaired) electrons. The average Bonchev–Trinajstić information content (AvgIpc) is 2.56. The zero-order valence-corrected chi connectivity index (χ0v) is 12.2. The van der Waals surface area contributed by atoms with Gasteiger partial charge in [-0.15, -0.1) is 0 Å². The first kappa shape index (κ1) is 16.4. The molecule has 0 aliphatic carbocycles. The molecule has 1 atom stereocenters. The molecule has 114 valence electrons. The van der Waals surface area contributed by atoms with Crippen molar-refractivity contribution in [1.29, 1.82) is 0 Å². The molecule has 4 amide bonds. The number of aliphatic hydroxyl groups excluding tert-OH is 1. The number of imide groups is 1. The van der Waals surface area contributed by atoms with Gasteiger partial charge in [-0.25, -0.2) is 4.79 Å². The first-order valence-corrected chi connectivity index (χ1v) is 6.79. The molecule has 1 unspecified atom stereocenters. The van der Waals surface area contributed by atoms with Gasteiger partial charge < -0.3 is 15.7 Å². The highest BCUT2D eigenvalue weighted by atomic mass is 16.3. The van der Waals surface area contributed by atoms with E-state index in [0.717, 1.165) is 17.7 Å². The first-order chi connectivity index (χ1) is 9.27. The van der Waals surface area contributed by atoms with Crippen molar-refractivity contribution in [3.63, 3.8) is 0 Å². The summed E-state index contributed by atoms with van der Waals surface area (Å²) in [4.78, 5) is 36.0. The summed E-state index contributed by atoms with van der Waals surface area (Å²) in [5.74, 6) is -0.548. The van der Waals surface area contributed by atoms with Crippen LogP contribution in [0.4, 0.5) is 4.79 Å². The molecule has 7 heteroatoms. The fourth-order valence-electron chi connectivity index (χ4n) is 1.93. The minimum atomic E-state index is -0.950. The normalized spacial score (nSPS) is 18.9. The summed E-state index contributed by atoms with van der Waals surface area (Å²) in [6.45, 7) is 5.46. The van der Waals surface area contributed by atoms with E-state index in [-0.39, 0.29) is 25.0 Å². The minimum absolute atomic E-state index is 0.130. The molecule has 1 aliphatic heterocycles. The molecule has 0 aromatic rings. The third-order valence-corrected chi connectivity index (χ3v) is 3.25. The Bertz CT molecular complexity index is 395. The van der Waals surface area contributed by atoms with Crippen LogP contribution in [0.25, 0.3) is 0 Å². The molecule has 1 saturated heterocycles. The Morgan fingerprint density at radius 2 is 2.10 bits per heavy atom. The van der Waals surface area contributed by atoms with E-state index >= 15 is 0 Å². The molecule has 0 aromatic carbocycles. The van der Waals surface area contributed by atoms with E-state index in [0.29, 0.717) is 6.54 Å². The Balaban J connectivity index is 2.33. The van der Waals surface area contributed by atoms with Gasteiger partial charge in [0.05, 0.1) is 0 Å². The van der Waals surface area contributed by atoms with Crippen LogP contribution in [-0.4, -0.2) is 53.1 Å². The van der Waals surface area contributed by atoms with Gasteiger partial charge in [0.15, 0.2) is 0 Å². The van der Waals surface area contributed by atoms with E-state index in [1.54, 1.807) is 13.8 Å². The maximum Gasteiger partial charge on any atom is 0.325 e. The number of urea groups is 1. The summed E-state index contributed by atoms with van der Waals surface area (Å²) in [7, 11) is 0. The molecular formula is C13H23N3O4. The van der Waals surface area contributed by atoms with Crippen LogP contribution in [0.15, 0.2) is 0 Å². The molecule has 1 aliphatic rings. The third kappa shape index (κ3) is 4.19. The lowest BCUT2D eigenvalue weighted by atomic mass is 10.1. The average molecular weight is 285 g/mol. The van der Waals surface area contributed by atoms with Crippen molar-refractivity contribution >= 4 is 17.8 Å². The van der Waals surface area contributed by atoms with Gasteiger partial charge in [-0.2, -0.15) is 0 Å². The van der Waals surface area contributed by atoms with Crippen molar-refractivity contribution in [3.8, 4) is 0 Å². The molecule has 1 heterocycles. The monoisotopic (exact) mass is 285 g/mol. The van der Waals surface area contributed by atoms with Crippen molar-refractivity contribution in [1.82, 2.24) is 15.5 Å². The molecule has 0 spiro atoms. The molecular weight excluding hydrogens is 262 g/mol. The van der Waals surface area contributed by atoms with Crippen LogP contribution in [0, 0.1) is 5.92 Å². The van der Waals surface area contributed by atoms with Crippen LogP contribution >= 0.6 is 0 Å². The maximum atomic E-state index is 11.9. The number of carbonyl (C=O) groups excluding carboxylic acids is 3. The van der Waals surface area contributed by atoms with Crippen molar-refractivity contribution < 1.29 is 19.5 Å². The minimum Gasteiger partial charge on any atom is -0.396 e. The quantitative estimate of drug-likeness (QED) is 0.447. The predicted molar refractivity (Wildman–Crippen MR) is 72.8 cm³/mol. The van der Waals surface area contributed by atoms with Gasteiger partial charge in [-0.1, -0.05) is 6.92 Å². The Hall–Kier alpha value is -1.63. The number of hydrogen-bond acceptors (Lipinski definition) is 4. The van der Waals surface area contributed by atoms with Crippen LogP contribution in [0.5, 0.6) is 0 Å². The van der Waals surface area contributed by atoms with Crippen molar-refractivity contribution in [2.24, 2.45) is 5.92 Å². The van der Waals surface area contributed by atoms with Crippen LogP contribution in [0.3, 0.4) is 0 Å². The Kier molecular flexibility index (Phi) is 5.50. The van der Waals surface area contributed by atoms with Gasteiger partial charge in [0.25, 0.3) is 5.91 Å². The lowest BCUT2D eigenvalue weighted by Crippen LogP contribution is -2.43. The van der Waals surface area contributed by atoms with Crippen LogP contribution in [-0.2, 0) is 9.59 Å². The fraction of sp³-hybridized carbons (Fsp3) is 0.769. The summed E-state index contributed by atoms with van der Waals surface area (Å²) in [5, 5.41) is 14.0. The fourth-order valence-corrected chi connectivity index (χ4v) is 1.93. The van der Waals surface area contributed by atoms with Crippen molar-refractivity contribution in [3.05, 3.63) is 0 Å². The second kappa shape index (κ2) is 6.69. The number of aliphatic hydroxyl groups is 1. The molecule has 20 heavy (non-hydrogen) atoms. The van der Waals surface area contributed by atoms with Gasteiger partial charge in [0, 0.05) is 13.2 Å². The van der Waals surface area contributed by atoms with Crippen molar-refractivity contribution in [2.45, 2.75) is 39.2 Å². The smallest absolute Gasteiger partial charge is 0.325 e. The van der Waals surface area contributed by atoms with Crippen LogP contribution in [0.1, 0.15) is 33.6 Å². The number of nitrogens with one attached hydrogen (secondary N) is 2. The summed E-state index contributed by atoms with van der Waals surface area (Å²) < 4.78 is 0. The van der Waals surface area contributed by atoms with Crippen LogP contribution < -0.4 is 10.6 Å². The van der Waals surface area contributed by atoms with Crippen molar-refractivity contribution in [2.75, 3.05) is 19.7 Å². The Morgan fingerprint density at radius 3 is 2.60 bits per heavy atom. The maximum absolute atomic E-state index is 11.9. The number of amides is 4. The van der Waals surface area contributed by atoms with E-state index in [9.17, 15) is 14.4 Å². The zero-order valence-electron chi connectivity index (χ0n) is 12.2. The largest absolute Gasteiger partial charge is 0.396 e. The molecule has 1 fully saturated rings. The number of rotatable bonds is 7. The van der Waals surface area contributed by atoms with Gasteiger partial charge in [-0.3, -0.25) is 14.5 Å². The summed E-state index contributed by atoms with van der Waals surface area (Å²) >= 11 is 0. The van der Waals surface area contributed by atoms with Gasteiger partial charge in [0.2, 0.25) is 5.91 Å². The highest BCUT2D eigenvalue weighted by Gasteiger charge is 2.44. The lowest BCUT2D eigenvalue weighted by Gasteiger charge is -2.15. The summed E-state index contributed by atoms with van der Waals surface area (Å²) in [6.07, 6.45) is 1.56. The van der Waals surface area contributed by atoms with E-state index in [4.69, 9.17) is 5.11 Å². The Labute approximate surface area is 118 Å². The van der Waals surface area contributed by atoms with E-state index in [1.807, 2.05) is 6.92 Å². The lowest BCUT2D eigenvalue weighted by molar-refractivity contribution is -0.134. The number of hydrogen-bond donors (Lipinski definition) is 3. The highest BCUT2D eigenvalue weighted by Crippen LogP contribution is 2.15. The van der Waals surface area contributed by atoms with Gasteiger partial charge in [0.1, 0.15) is 12.1 Å². The molecule has 1 rings (SSSR count). The van der Waals surface area contributed by atoms with Gasteiger partial charge >= 0.3 is 6.03 Å². The Morgan fingerprint density at radius 1 is 1.45 bits per heavy atom. The van der Waals surface area contributed by atoms with Crippen LogP contribution in [0.2, 0.25) is 0 Å². The molecule has 7 nitrogen and oxygen atoms in total. The van der Waals surface area contributed by atoms with E-state index < -0.39 is 17.5 Å². The van der Waals surface area contributed by atoms with E-state index in [1.165, 1.54) is 0 Å². The zero-order chi connectivity index (χ0) is 15.3. The molecule has 0 saturated carbocycles. The highest BCUT2D eigenvalue weighted by molar-refractivity contribution is 6.08. The first-order valence-electron chi connectivity index (χ1n) is 6.79. The number of nitrogens with zero attached hydrogens (tertiary/aromatic N) is 1. The number of carbonyl (C=O) groups is 3. The molecule has 0 bridgehead atoms. The summed E-state index contributed by atoms with van der Waals surface area (Å²) in [5.41, 5.74) is -0.950. The topological polar surface area (TPSA) is 98.7 Å². The predicted octanol–water partition coefficient (Wildman–Crippen LogP) is -0.158. The van der Waals surface area contributed by atoms with Gasteiger partial charge in [-0.05, 0) is 32.6 Å². The molecule has 0 aromatic heterocycles. The summed E-state index contributed by atoms with van der Waals surface area (Å²) in [6, 6.07) is -0.538.